The first-order chi connectivity index (χ1) is 12.3. The standard InChI is InChI=1S/C18H15F2N3O3/c19-18(20)6-13(7-18)15(24)11-5-12-9-22-23(16(12)21-8-11)14-3-1-10(2-4-14)17(25)26/h1-5,8-9,13,15,24H,6-7H2,(H,25,26)/t15-/m1/s1. The number of hydrogen-bond acceptors (Lipinski definition) is 4. The Morgan fingerprint density at radius 2 is 1.92 bits per heavy atom. The normalized spacial score (nSPS) is 17.8. The van der Waals surface area contributed by atoms with Crippen LogP contribution in [0.1, 0.15) is 34.9 Å². The molecule has 1 aliphatic carbocycles. The fourth-order valence-electron chi connectivity index (χ4n) is 3.24. The van der Waals surface area contributed by atoms with Gasteiger partial charge >= 0.3 is 5.97 Å². The Bertz CT molecular complexity index is 977. The maximum atomic E-state index is 13.0. The second-order valence-electron chi connectivity index (χ2n) is 6.56. The Labute approximate surface area is 146 Å². The number of aliphatic hydroxyl groups excluding tert-OH is 1. The molecule has 8 heteroatoms. The van der Waals surface area contributed by atoms with E-state index >= 15 is 0 Å². The molecule has 0 radical (unpaired) electrons. The summed E-state index contributed by atoms with van der Waals surface area (Å²) < 4.78 is 27.6. The van der Waals surface area contributed by atoms with Crippen molar-refractivity contribution in [2.45, 2.75) is 24.9 Å². The molecule has 26 heavy (non-hydrogen) atoms. The molecule has 1 saturated carbocycles. The van der Waals surface area contributed by atoms with Crippen LogP contribution in [0.25, 0.3) is 16.7 Å². The molecule has 0 spiro atoms. The highest BCUT2D eigenvalue weighted by Crippen LogP contribution is 2.48. The van der Waals surface area contributed by atoms with Gasteiger partial charge in [0.2, 0.25) is 5.92 Å². The first kappa shape index (κ1) is 16.6. The lowest BCUT2D eigenvalue weighted by molar-refractivity contribution is -0.142. The van der Waals surface area contributed by atoms with E-state index in [9.17, 15) is 18.7 Å². The molecule has 0 saturated heterocycles. The van der Waals surface area contributed by atoms with Gasteiger partial charge in [0, 0.05) is 30.3 Å². The number of hydrogen-bond donors (Lipinski definition) is 2. The number of halogens is 2. The summed E-state index contributed by atoms with van der Waals surface area (Å²) in [5.74, 6) is -4.17. The summed E-state index contributed by atoms with van der Waals surface area (Å²) in [7, 11) is 0. The van der Waals surface area contributed by atoms with E-state index in [1.54, 1.807) is 29.1 Å². The van der Waals surface area contributed by atoms with Crippen LogP contribution in [0.5, 0.6) is 0 Å². The molecule has 4 rings (SSSR count). The average Bonchev–Trinajstić information content (AvgIpc) is 3.02. The van der Waals surface area contributed by atoms with Crippen LogP contribution < -0.4 is 0 Å². The third-order valence-corrected chi connectivity index (χ3v) is 4.70. The molecule has 2 aromatic heterocycles. The molecule has 0 aliphatic heterocycles. The third-order valence-electron chi connectivity index (χ3n) is 4.70. The Kier molecular flexibility index (Phi) is 3.73. The maximum absolute atomic E-state index is 13.0. The van der Waals surface area contributed by atoms with Crippen molar-refractivity contribution in [3.8, 4) is 5.69 Å². The van der Waals surface area contributed by atoms with Gasteiger partial charge in [-0.1, -0.05) is 0 Å². The van der Waals surface area contributed by atoms with Gasteiger partial charge in [0.1, 0.15) is 0 Å². The summed E-state index contributed by atoms with van der Waals surface area (Å²) in [5.41, 5.74) is 1.83. The van der Waals surface area contributed by atoms with Gasteiger partial charge < -0.3 is 10.2 Å². The quantitative estimate of drug-likeness (QED) is 0.747. The summed E-state index contributed by atoms with van der Waals surface area (Å²) in [5, 5.41) is 24.1. The maximum Gasteiger partial charge on any atom is 0.335 e. The largest absolute Gasteiger partial charge is 0.478 e. The predicted molar refractivity (Wildman–Crippen MR) is 88.5 cm³/mol. The zero-order chi connectivity index (χ0) is 18.5. The summed E-state index contributed by atoms with van der Waals surface area (Å²) in [6.07, 6.45) is 1.42. The molecular weight excluding hydrogens is 344 g/mol. The van der Waals surface area contributed by atoms with Crippen molar-refractivity contribution >= 4 is 17.0 Å². The van der Waals surface area contributed by atoms with Crippen LogP contribution in [0.15, 0.2) is 42.7 Å². The average molecular weight is 359 g/mol. The number of carboxylic acid groups (broad SMARTS) is 1. The van der Waals surface area contributed by atoms with Gasteiger partial charge in [-0.05, 0) is 35.9 Å². The lowest BCUT2D eigenvalue weighted by Gasteiger charge is -2.37. The van der Waals surface area contributed by atoms with Crippen molar-refractivity contribution < 1.29 is 23.8 Å². The summed E-state index contributed by atoms with van der Waals surface area (Å²) in [6, 6.07) is 7.88. The summed E-state index contributed by atoms with van der Waals surface area (Å²) >= 11 is 0. The fourth-order valence-corrected chi connectivity index (χ4v) is 3.24. The van der Waals surface area contributed by atoms with Gasteiger partial charge in [0.15, 0.2) is 5.65 Å². The van der Waals surface area contributed by atoms with Crippen molar-refractivity contribution in [3.05, 3.63) is 53.9 Å². The molecular formula is C18H15F2N3O3. The smallest absolute Gasteiger partial charge is 0.335 e. The van der Waals surface area contributed by atoms with Crippen LogP contribution in [0.3, 0.4) is 0 Å². The summed E-state index contributed by atoms with van der Waals surface area (Å²) in [4.78, 5) is 15.2. The Morgan fingerprint density at radius 1 is 1.23 bits per heavy atom. The van der Waals surface area contributed by atoms with E-state index in [4.69, 9.17) is 5.11 Å². The third kappa shape index (κ3) is 2.82. The molecule has 0 unspecified atom stereocenters. The van der Waals surface area contributed by atoms with Gasteiger partial charge in [0.05, 0.1) is 23.6 Å². The van der Waals surface area contributed by atoms with Crippen LogP contribution in [-0.2, 0) is 0 Å². The van der Waals surface area contributed by atoms with E-state index in [-0.39, 0.29) is 18.4 Å². The number of pyridine rings is 1. The number of aromatic nitrogens is 3. The lowest BCUT2D eigenvalue weighted by atomic mass is 9.76. The minimum Gasteiger partial charge on any atom is -0.478 e. The zero-order valence-corrected chi connectivity index (χ0v) is 13.5. The topological polar surface area (TPSA) is 88.2 Å². The minimum atomic E-state index is -2.68. The number of aromatic carboxylic acids is 1. The predicted octanol–water partition coefficient (Wildman–Crippen LogP) is 3.20. The number of fused-ring (bicyclic) bond motifs is 1. The number of rotatable bonds is 4. The van der Waals surface area contributed by atoms with Crippen LogP contribution >= 0.6 is 0 Å². The number of alkyl halides is 2. The van der Waals surface area contributed by atoms with E-state index in [1.165, 1.54) is 18.3 Å². The molecule has 1 atom stereocenters. The Balaban J connectivity index is 1.62. The van der Waals surface area contributed by atoms with Crippen molar-refractivity contribution in [2.75, 3.05) is 0 Å². The number of carboxylic acids is 1. The lowest BCUT2D eigenvalue weighted by Crippen LogP contribution is -2.38. The first-order valence-electron chi connectivity index (χ1n) is 8.07. The van der Waals surface area contributed by atoms with Crippen molar-refractivity contribution in [1.29, 1.82) is 0 Å². The molecule has 6 nitrogen and oxygen atoms in total. The van der Waals surface area contributed by atoms with Crippen LogP contribution in [0, 0.1) is 5.92 Å². The molecule has 2 N–H and O–H groups in total. The van der Waals surface area contributed by atoms with E-state index < -0.39 is 23.9 Å². The summed E-state index contributed by atoms with van der Waals surface area (Å²) in [6.45, 7) is 0. The molecule has 1 aliphatic rings. The van der Waals surface area contributed by atoms with Crippen molar-refractivity contribution in [1.82, 2.24) is 14.8 Å². The van der Waals surface area contributed by atoms with Crippen LogP contribution in [-0.4, -0.2) is 36.9 Å². The highest BCUT2D eigenvalue weighted by molar-refractivity contribution is 5.87. The number of benzene rings is 1. The molecule has 0 amide bonds. The minimum absolute atomic E-state index is 0.167. The van der Waals surface area contributed by atoms with E-state index in [2.05, 4.69) is 10.1 Å². The molecule has 134 valence electrons. The molecule has 0 bridgehead atoms. The Morgan fingerprint density at radius 3 is 2.54 bits per heavy atom. The van der Waals surface area contributed by atoms with E-state index in [0.717, 1.165) is 0 Å². The van der Waals surface area contributed by atoms with Gasteiger partial charge in [-0.25, -0.2) is 23.2 Å². The molecule has 1 fully saturated rings. The number of carbonyl (C=O) groups is 1. The molecule has 2 heterocycles. The zero-order valence-electron chi connectivity index (χ0n) is 13.5. The van der Waals surface area contributed by atoms with Crippen molar-refractivity contribution in [3.63, 3.8) is 0 Å². The second kappa shape index (κ2) is 5.84. The van der Waals surface area contributed by atoms with Crippen LogP contribution in [0.4, 0.5) is 8.78 Å². The van der Waals surface area contributed by atoms with Gasteiger partial charge in [0.25, 0.3) is 0 Å². The van der Waals surface area contributed by atoms with Gasteiger partial charge in [-0.15, -0.1) is 0 Å². The highest BCUT2D eigenvalue weighted by atomic mass is 19.3. The van der Waals surface area contributed by atoms with E-state index in [0.29, 0.717) is 22.3 Å². The number of aliphatic hydroxyl groups is 1. The van der Waals surface area contributed by atoms with E-state index in [1.807, 2.05) is 0 Å². The fraction of sp³-hybridized carbons (Fsp3) is 0.278. The van der Waals surface area contributed by atoms with Crippen LogP contribution in [0.2, 0.25) is 0 Å². The van der Waals surface area contributed by atoms with Gasteiger partial charge in [-0.2, -0.15) is 5.10 Å². The molecule has 3 aromatic rings. The Hall–Kier alpha value is -2.87. The highest BCUT2D eigenvalue weighted by Gasteiger charge is 2.48. The van der Waals surface area contributed by atoms with Gasteiger partial charge in [-0.3, -0.25) is 0 Å². The molecule has 1 aromatic carbocycles. The monoisotopic (exact) mass is 359 g/mol. The SMILES string of the molecule is O=C(O)c1ccc(-n2ncc3cc([C@@H](O)C4CC(F)(F)C4)cnc32)cc1. The van der Waals surface area contributed by atoms with Crippen molar-refractivity contribution in [2.24, 2.45) is 5.92 Å². The first-order valence-corrected chi connectivity index (χ1v) is 8.07. The number of nitrogens with zero attached hydrogens (tertiary/aromatic N) is 3. The second-order valence-corrected chi connectivity index (χ2v) is 6.56.